The number of benzene rings is 1. The zero-order valence-corrected chi connectivity index (χ0v) is 11.5. The molecular weight excluding hydrogens is 261 g/mol. The zero-order chi connectivity index (χ0) is 14.5. The summed E-state index contributed by atoms with van der Waals surface area (Å²) in [6.45, 7) is 1.97. The molecule has 0 amide bonds. The van der Waals surface area contributed by atoms with Crippen molar-refractivity contribution < 1.29 is 18.7 Å². The number of methoxy groups -OCH3 is 1. The Morgan fingerprint density at radius 3 is 2.90 bits per heavy atom. The monoisotopic (exact) mass is 277 g/mol. The van der Waals surface area contributed by atoms with Gasteiger partial charge in [-0.3, -0.25) is 9.78 Å². The molecule has 0 saturated heterocycles. The molecule has 2 rings (SSSR count). The SMILES string of the molecule is CCCCC(=O)Oc1c(F)cnc2ccc(OC)cc12. The summed E-state index contributed by atoms with van der Waals surface area (Å²) in [4.78, 5) is 15.6. The third-order valence-corrected chi connectivity index (χ3v) is 2.93. The summed E-state index contributed by atoms with van der Waals surface area (Å²) in [6.07, 6.45) is 2.91. The Balaban J connectivity index is 2.39. The van der Waals surface area contributed by atoms with Gasteiger partial charge in [-0.1, -0.05) is 13.3 Å². The lowest BCUT2D eigenvalue weighted by Gasteiger charge is -2.09. The van der Waals surface area contributed by atoms with E-state index in [-0.39, 0.29) is 12.2 Å². The summed E-state index contributed by atoms with van der Waals surface area (Å²) < 4.78 is 24.1. The van der Waals surface area contributed by atoms with Crippen molar-refractivity contribution in [2.24, 2.45) is 0 Å². The Kier molecular flexibility index (Phi) is 4.50. The van der Waals surface area contributed by atoms with Crippen molar-refractivity contribution in [1.29, 1.82) is 0 Å². The van der Waals surface area contributed by atoms with Crippen molar-refractivity contribution in [2.75, 3.05) is 7.11 Å². The van der Waals surface area contributed by atoms with E-state index in [2.05, 4.69) is 4.98 Å². The number of nitrogens with zero attached hydrogens (tertiary/aromatic N) is 1. The molecule has 1 aromatic heterocycles. The molecule has 0 aliphatic rings. The summed E-state index contributed by atoms with van der Waals surface area (Å²) in [7, 11) is 1.51. The first-order chi connectivity index (χ1) is 9.65. The van der Waals surface area contributed by atoms with Gasteiger partial charge in [0.25, 0.3) is 0 Å². The molecule has 0 spiro atoms. The molecular formula is C15H16FNO3. The van der Waals surface area contributed by atoms with E-state index in [9.17, 15) is 9.18 Å². The second kappa shape index (κ2) is 6.32. The average molecular weight is 277 g/mol. The molecule has 1 aromatic carbocycles. The predicted octanol–water partition coefficient (Wildman–Crippen LogP) is 3.48. The molecule has 0 bridgehead atoms. The number of pyridine rings is 1. The van der Waals surface area contributed by atoms with Gasteiger partial charge in [0.15, 0.2) is 11.6 Å². The number of hydrogen-bond donors (Lipinski definition) is 0. The van der Waals surface area contributed by atoms with Gasteiger partial charge in [0.2, 0.25) is 0 Å². The molecule has 2 aromatic rings. The van der Waals surface area contributed by atoms with Crippen LogP contribution in [0.15, 0.2) is 24.4 Å². The highest BCUT2D eigenvalue weighted by Crippen LogP contribution is 2.30. The van der Waals surface area contributed by atoms with Crippen LogP contribution in [0, 0.1) is 5.82 Å². The first kappa shape index (κ1) is 14.2. The number of carbonyl (C=O) groups is 1. The number of ether oxygens (including phenoxy) is 2. The standard InChI is InChI=1S/C15H16FNO3/c1-3-4-5-14(18)20-15-11-8-10(19-2)6-7-13(11)17-9-12(15)16/h6-9H,3-5H2,1-2H3. The quantitative estimate of drug-likeness (QED) is 0.785. The van der Waals surface area contributed by atoms with Crippen LogP contribution in [-0.4, -0.2) is 18.1 Å². The Labute approximate surface area is 116 Å². The van der Waals surface area contributed by atoms with E-state index < -0.39 is 11.8 Å². The van der Waals surface area contributed by atoms with Crippen LogP contribution in [0.4, 0.5) is 4.39 Å². The van der Waals surface area contributed by atoms with Gasteiger partial charge in [-0.25, -0.2) is 4.39 Å². The smallest absolute Gasteiger partial charge is 0.311 e. The van der Waals surface area contributed by atoms with Crippen LogP contribution < -0.4 is 9.47 Å². The second-order valence-corrected chi connectivity index (χ2v) is 4.40. The minimum atomic E-state index is -0.657. The highest BCUT2D eigenvalue weighted by molar-refractivity contribution is 5.88. The van der Waals surface area contributed by atoms with Crippen molar-refractivity contribution in [2.45, 2.75) is 26.2 Å². The number of hydrogen-bond acceptors (Lipinski definition) is 4. The maximum atomic E-state index is 13.9. The second-order valence-electron chi connectivity index (χ2n) is 4.40. The summed E-state index contributed by atoms with van der Waals surface area (Å²) in [5.74, 6) is -0.637. The number of unbranched alkanes of at least 4 members (excludes halogenated alkanes) is 1. The van der Waals surface area contributed by atoms with Gasteiger partial charge in [0.1, 0.15) is 5.75 Å². The molecule has 0 N–H and O–H groups in total. The van der Waals surface area contributed by atoms with Crippen LogP contribution in [0.3, 0.4) is 0 Å². The Bertz CT molecular complexity index is 628. The number of rotatable bonds is 5. The van der Waals surface area contributed by atoms with Crippen molar-refractivity contribution in [3.8, 4) is 11.5 Å². The molecule has 1 heterocycles. The summed E-state index contributed by atoms with van der Waals surface area (Å²) in [5.41, 5.74) is 0.547. The Morgan fingerprint density at radius 2 is 2.20 bits per heavy atom. The summed E-state index contributed by atoms with van der Waals surface area (Å²) in [5, 5.41) is 0.425. The minimum absolute atomic E-state index is 0.0880. The van der Waals surface area contributed by atoms with Gasteiger partial charge in [-0.15, -0.1) is 0 Å². The van der Waals surface area contributed by atoms with E-state index in [1.54, 1.807) is 18.2 Å². The first-order valence-electron chi connectivity index (χ1n) is 6.48. The van der Waals surface area contributed by atoms with Gasteiger partial charge in [0, 0.05) is 11.8 Å². The highest BCUT2D eigenvalue weighted by atomic mass is 19.1. The van der Waals surface area contributed by atoms with E-state index in [1.165, 1.54) is 7.11 Å². The maximum Gasteiger partial charge on any atom is 0.311 e. The molecule has 0 aliphatic heterocycles. The van der Waals surface area contributed by atoms with Crippen LogP contribution in [0.25, 0.3) is 10.9 Å². The van der Waals surface area contributed by atoms with Crippen molar-refractivity contribution in [3.63, 3.8) is 0 Å². The van der Waals surface area contributed by atoms with Crippen molar-refractivity contribution in [1.82, 2.24) is 4.98 Å². The van der Waals surface area contributed by atoms with Gasteiger partial charge in [-0.2, -0.15) is 0 Å². The Morgan fingerprint density at radius 1 is 1.40 bits per heavy atom. The minimum Gasteiger partial charge on any atom is -0.497 e. The van der Waals surface area contributed by atoms with Crippen LogP contribution in [0.1, 0.15) is 26.2 Å². The number of aromatic nitrogens is 1. The van der Waals surface area contributed by atoms with Crippen molar-refractivity contribution >= 4 is 16.9 Å². The summed E-state index contributed by atoms with van der Waals surface area (Å²) >= 11 is 0. The van der Waals surface area contributed by atoms with Gasteiger partial charge >= 0.3 is 5.97 Å². The largest absolute Gasteiger partial charge is 0.497 e. The summed E-state index contributed by atoms with van der Waals surface area (Å²) in [6, 6.07) is 5.01. The molecule has 20 heavy (non-hydrogen) atoms. The highest BCUT2D eigenvalue weighted by Gasteiger charge is 2.15. The average Bonchev–Trinajstić information content (AvgIpc) is 2.47. The molecule has 106 valence electrons. The number of fused-ring (bicyclic) bond motifs is 1. The molecule has 0 unspecified atom stereocenters. The normalized spacial score (nSPS) is 10.6. The van der Waals surface area contributed by atoms with Crippen LogP contribution in [0.5, 0.6) is 11.5 Å². The third kappa shape index (κ3) is 3.04. The van der Waals surface area contributed by atoms with E-state index in [0.29, 0.717) is 23.1 Å². The van der Waals surface area contributed by atoms with E-state index in [0.717, 1.165) is 12.6 Å². The van der Waals surface area contributed by atoms with E-state index in [4.69, 9.17) is 9.47 Å². The number of esters is 1. The molecule has 0 aliphatic carbocycles. The van der Waals surface area contributed by atoms with Crippen molar-refractivity contribution in [3.05, 3.63) is 30.2 Å². The lowest BCUT2D eigenvalue weighted by molar-refractivity contribution is -0.134. The Hall–Kier alpha value is -2.17. The molecule has 0 atom stereocenters. The van der Waals surface area contributed by atoms with E-state index in [1.807, 2.05) is 6.92 Å². The fourth-order valence-corrected chi connectivity index (χ4v) is 1.84. The van der Waals surface area contributed by atoms with Gasteiger partial charge in [0.05, 0.1) is 18.8 Å². The molecule has 4 nitrogen and oxygen atoms in total. The maximum absolute atomic E-state index is 13.9. The lowest BCUT2D eigenvalue weighted by atomic mass is 10.2. The van der Waals surface area contributed by atoms with Crippen LogP contribution in [-0.2, 0) is 4.79 Å². The third-order valence-electron chi connectivity index (χ3n) is 2.93. The number of carbonyl (C=O) groups excluding carboxylic acids is 1. The van der Waals surface area contributed by atoms with Gasteiger partial charge < -0.3 is 9.47 Å². The lowest BCUT2D eigenvalue weighted by Crippen LogP contribution is -2.09. The van der Waals surface area contributed by atoms with E-state index >= 15 is 0 Å². The number of halogens is 1. The van der Waals surface area contributed by atoms with Crippen LogP contribution in [0.2, 0.25) is 0 Å². The topological polar surface area (TPSA) is 48.4 Å². The zero-order valence-electron chi connectivity index (χ0n) is 11.5. The molecule has 0 fully saturated rings. The predicted molar refractivity (Wildman–Crippen MR) is 73.4 cm³/mol. The fourth-order valence-electron chi connectivity index (χ4n) is 1.84. The first-order valence-corrected chi connectivity index (χ1v) is 6.48. The van der Waals surface area contributed by atoms with Crippen LogP contribution >= 0.6 is 0 Å². The molecule has 0 radical (unpaired) electrons. The molecule has 5 heteroatoms. The fraction of sp³-hybridized carbons (Fsp3) is 0.333. The van der Waals surface area contributed by atoms with Gasteiger partial charge in [-0.05, 0) is 24.6 Å². The molecule has 0 saturated carbocycles.